The van der Waals surface area contributed by atoms with Crippen molar-refractivity contribution in [3.8, 4) is 17.3 Å². The van der Waals surface area contributed by atoms with E-state index in [0.717, 1.165) is 17.4 Å². The van der Waals surface area contributed by atoms with Crippen molar-refractivity contribution >= 4 is 23.4 Å². The van der Waals surface area contributed by atoms with E-state index in [9.17, 15) is 13.2 Å². The van der Waals surface area contributed by atoms with E-state index < -0.39 is 11.7 Å². The van der Waals surface area contributed by atoms with Gasteiger partial charge in [0.05, 0.1) is 24.2 Å². The van der Waals surface area contributed by atoms with Crippen molar-refractivity contribution in [1.82, 2.24) is 19.7 Å². The first kappa shape index (κ1) is 23.1. The van der Waals surface area contributed by atoms with Crippen LogP contribution in [0.4, 0.5) is 13.2 Å². The van der Waals surface area contributed by atoms with Crippen LogP contribution >= 0.6 is 23.4 Å². The number of alkyl halides is 3. The monoisotopic (exact) mass is 490 g/mol. The molecule has 0 spiro atoms. The van der Waals surface area contributed by atoms with Gasteiger partial charge in [-0.15, -0.1) is 10.2 Å². The minimum absolute atomic E-state index is 0.267. The molecule has 0 fully saturated rings. The summed E-state index contributed by atoms with van der Waals surface area (Å²) in [6, 6.07) is 17.0. The van der Waals surface area contributed by atoms with Crippen molar-refractivity contribution in [2.45, 2.75) is 23.6 Å². The Morgan fingerprint density at radius 3 is 2.42 bits per heavy atom. The Kier molecular flexibility index (Phi) is 6.90. The maximum absolute atomic E-state index is 13.2. The predicted molar refractivity (Wildman–Crippen MR) is 121 cm³/mol. The standard InChI is InChI=1S/C23H18ClF3N4OS/c1-32-17-8-5-15(6-9-17)13-31-21(20-4-2-3-11-28-20)29-30-22(31)33-14-16-7-10-19(24)18(12-16)23(25,26)27/h2-12H,13-14H2,1H3. The summed E-state index contributed by atoms with van der Waals surface area (Å²) < 4.78 is 46.7. The molecule has 0 saturated carbocycles. The second-order valence-electron chi connectivity index (χ2n) is 7.06. The predicted octanol–water partition coefficient (Wildman–Crippen LogP) is 6.36. The maximum Gasteiger partial charge on any atom is 0.417 e. The van der Waals surface area contributed by atoms with Crippen molar-refractivity contribution < 1.29 is 17.9 Å². The number of thioether (sulfide) groups is 1. The Morgan fingerprint density at radius 2 is 1.76 bits per heavy atom. The quantitative estimate of drug-likeness (QED) is 0.282. The molecule has 0 bridgehead atoms. The summed E-state index contributed by atoms with van der Waals surface area (Å²) in [6.07, 6.45) is -2.85. The van der Waals surface area contributed by atoms with Gasteiger partial charge in [-0.25, -0.2) is 0 Å². The molecular weight excluding hydrogens is 473 g/mol. The van der Waals surface area contributed by atoms with Crippen molar-refractivity contribution in [2.24, 2.45) is 0 Å². The highest BCUT2D eigenvalue weighted by molar-refractivity contribution is 7.98. The average Bonchev–Trinajstić information content (AvgIpc) is 3.21. The van der Waals surface area contributed by atoms with Crippen molar-refractivity contribution in [3.05, 3.63) is 88.6 Å². The van der Waals surface area contributed by atoms with Crippen LogP contribution in [0, 0.1) is 0 Å². The number of nitrogens with zero attached hydrogens (tertiary/aromatic N) is 4. The van der Waals surface area contributed by atoms with Gasteiger partial charge >= 0.3 is 6.18 Å². The van der Waals surface area contributed by atoms with Crippen LogP contribution in [0.2, 0.25) is 5.02 Å². The first-order valence-corrected chi connectivity index (χ1v) is 11.2. The van der Waals surface area contributed by atoms with Gasteiger partial charge in [-0.1, -0.05) is 47.6 Å². The zero-order valence-electron chi connectivity index (χ0n) is 17.4. The maximum atomic E-state index is 13.2. The lowest BCUT2D eigenvalue weighted by atomic mass is 10.1. The Balaban J connectivity index is 1.63. The highest BCUT2D eigenvalue weighted by Gasteiger charge is 2.33. The molecule has 0 aliphatic heterocycles. The Bertz CT molecular complexity index is 1230. The van der Waals surface area contributed by atoms with Gasteiger partial charge in [0.2, 0.25) is 0 Å². The molecule has 4 aromatic rings. The Labute approximate surface area is 197 Å². The summed E-state index contributed by atoms with van der Waals surface area (Å²) in [6.45, 7) is 0.458. The summed E-state index contributed by atoms with van der Waals surface area (Å²) in [5, 5.41) is 8.83. The lowest BCUT2D eigenvalue weighted by Crippen LogP contribution is -2.07. The third kappa shape index (κ3) is 5.48. The molecule has 0 saturated heterocycles. The molecule has 33 heavy (non-hydrogen) atoms. The van der Waals surface area contributed by atoms with E-state index in [1.54, 1.807) is 19.4 Å². The zero-order valence-corrected chi connectivity index (χ0v) is 19.0. The largest absolute Gasteiger partial charge is 0.497 e. The van der Waals surface area contributed by atoms with E-state index >= 15 is 0 Å². The molecule has 0 atom stereocenters. The number of hydrogen-bond donors (Lipinski definition) is 0. The van der Waals surface area contributed by atoms with Gasteiger partial charge in [-0.3, -0.25) is 9.55 Å². The molecule has 0 N–H and O–H groups in total. The second kappa shape index (κ2) is 9.84. The lowest BCUT2D eigenvalue weighted by Gasteiger charge is -2.12. The number of halogens is 4. The fourth-order valence-electron chi connectivity index (χ4n) is 3.16. The summed E-state index contributed by atoms with van der Waals surface area (Å²) in [5.41, 5.74) is 1.27. The van der Waals surface area contributed by atoms with E-state index in [1.807, 2.05) is 47.0 Å². The van der Waals surface area contributed by atoms with Gasteiger partial charge in [0.25, 0.3) is 0 Å². The minimum atomic E-state index is -4.52. The molecule has 0 aliphatic carbocycles. The molecule has 10 heteroatoms. The fourth-order valence-corrected chi connectivity index (χ4v) is 4.27. The molecule has 0 aliphatic rings. The summed E-state index contributed by atoms with van der Waals surface area (Å²) in [5.74, 6) is 1.58. The molecule has 2 aromatic heterocycles. The van der Waals surface area contributed by atoms with Crippen LogP contribution in [0.25, 0.3) is 11.5 Å². The molecule has 0 unspecified atom stereocenters. The second-order valence-corrected chi connectivity index (χ2v) is 8.41. The van der Waals surface area contributed by atoms with E-state index in [-0.39, 0.29) is 10.8 Å². The average molecular weight is 491 g/mol. The van der Waals surface area contributed by atoms with Gasteiger partial charge < -0.3 is 4.74 Å². The fraction of sp³-hybridized carbons (Fsp3) is 0.174. The highest BCUT2D eigenvalue weighted by atomic mass is 35.5. The van der Waals surface area contributed by atoms with Crippen LogP contribution in [0.3, 0.4) is 0 Å². The van der Waals surface area contributed by atoms with Crippen LogP contribution in [0.1, 0.15) is 16.7 Å². The zero-order chi connectivity index (χ0) is 23.4. The van der Waals surface area contributed by atoms with Crippen LogP contribution in [0.5, 0.6) is 5.75 Å². The van der Waals surface area contributed by atoms with Gasteiger partial charge in [0, 0.05) is 11.9 Å². The number of aromatic nitrogens is 4. The highest BCUT2D eigenvalue weighted by Crippen LogP contribution is 2.36. The molecule has 2 heterocycles. The third-order valence-electron chi connectivity index (χ3n) is 4.81. The summed E-state index contributed by atoms with van der Waals surface area (Å²) >= 11 is 7.03. The first-order valence-electron chi connectivity index (χ1n) is 9.81. The van der Waals surface area contributed by atoms with Gasteiger partial charge in [0.15, 0.2) is 11.0 Å². The van der Waals surface area contributed by atoms with Gasteiger partial charge in [0.1, 0.15) is 11.4 Å². The molecule has 0 amide bonds. The summed E-state index contributed by atoms with van der Waals surface area (Å²) in [7, 11) is 1.60. The van der Waals surface area contributed by atoms with E-state index in [4.69, 9.17) is 16.3 Å². The number of methoxy groups -OCH3 is 1. The molecule has 170 valence electrons. The number of rotatable bonds is 7. The number of pyridine rings is 1. The van der Waals surface area contributed by atoms with Crippen molar-refractivity contribution in [3.63, 3.8) is 0 Å². The number of benzene rings is 2. The lowest BCUT2D eigenvalue weighted by molar-refractivity contribution is -0.137. The topological polar surface area (TPSA) is 52.8 Å². The van der Waals surface area contributed by atoms with Crippen LogP contribution in [-0.4, -0.2) is 26.9 Å². The van der Waals surface area contributed by atoms with Gasteiger partial charge in [-0.05, 0) is 47.5 Å². The molecule has 2 aromatic carbocycles. The Morgan fingerprint density at radius 1 is 1.00 bits per heavy atom. The minimum Gasteiger partial charge on any atom is -0.497 e. The van der Waals surface area contributed by atoms with Crippen LogP contribution < -0.4 is 4.74 Å². The van der Waals surface area contributed by atoms with Crippen molar-refractivity contribution in [2.75, 3.05) is 7.11 Å². The Hall–Kier alpha value is -3.04. The van der Waals surface area contributed by atoms with Crippen LogP contribution in [-0.2, 0) is 18.5 Å². The van der Waals surface area contributed by atoms with Crippen LogP contribution in [0.15, 0.2) is 72.0 Å². The van der Waals surface area contributed by atoms with Crippen molar-refractivity contribution in [1.29, 1.82) is 0 Å². The molecular formula is C23H18ClF3N4OS. The molecule has 5 nitrogen and oxygen atoms in total. The SMILES string of the molecule is COc1ccc(Cn2c(SCc3ccc(Cl)c(C(F)(F)F)c3)nnc2-c2ccccn2)cc1. The first-order chi connectivity index (χ1) is 15.8. The third-order valence-corrected chi connectivity index (χ3v) is 6.18. The number of ether oxygens (including phenoxy) is 1. The summed E-state index contributed by atoms with van der Waals surface area (Å²) in [4.78, 5) is 4.37. The number of hydrogen-bond acceptors (Lipinski definition) is 5. The normalized spacial score (nSPS) is 11.5. The van der Waals surface area contributed by atoms with E-state index in [2.05, 4.69) is 15.2 Å². The van der Waals surface area contributed by atoms with E-state index in [1.165, 1.54) is 17.8 Å². The van der Waals surface area contributed by atoms with Gasteiger partial charge in [-0.2, -0.15) is 13.2 Å². The smallest absolute Gasteiger partial charge is 0.417 e. The molecule has 0 radical (unpaired) electrons. The molecule has 4 rings (SSSR count). The van der Waals surface area contributed by atoms with E-state index in [0.29, 0.717) is 28.8 Å².